The fraction of sp³-hybridized carbons (Fsp3) is 0.684. The predicted molar refractivity (Wildman–Crippen MR) is 106 cm³/mol. The van der Waals surface area contributed by atoms with Gasteiger partial charge in [0.2, 0.25) is 0 Å². The molecule has 0 nitrogen and oxygen atoms in total. The lowest BCUT2D eigenvalue weighted by molar-refractivity contribution is 0.823. The van der Waals surface area contributed by atoms with E-state index in [1.165, 1.54) is 5.19 Å². The maximum Gasteiger partial charge on any atom is 0.0775 e. The minimum Gasteiger partial charge on any atom is -0.0686 e. The molecule has 0 atom stereocenters. The predicted octanol–water partition coefficient (Wildman–Crippen LogP) is 6.53. The van der Waals surface area contributed by atoms with Crippen molar-refractivity contribution < 1.29 is 0 Å². The van der Waals surface area contributed by atoms with E-state index in [1.54, 1.807) is 0 Å². The monoisotopic (exact) mass is 322 g/mol. The second-order valence-electron chi connectivity index (χ2n) is 8.45. The zero-order chi connectivity index (χ0) is 16.8. The first-order valence-electron chi connectivity index (χ1n) is 8.49. The van der Waals surface area contributed by atoms with E-state index < -0.39 is 16.1 Å². The summed E-state index contributed by atoms with van der Waals surface area (Å²) in [5.41, 5.74) is 2.76. The van der Waals surface area contributed by atoms with Crippen molar-refractivity contribution in [3.63, 3.8) is 0 Å². The van der Waals surface area contributed by atoms with Crippen molar-refractivity contribution in [3.05, 3.63) is 30.3 Å². The van der Waals surface area contributed by atoms with Crippen LogP contribution in [-0.2, 0) is 0 Å². The molecule has 0 fully saturated rings. The minimum absolute atomic E-state index is 0.919. The van der Waals surface area contributed by atoms with Gasteiger partial charge in [-0.1, -0.05) is 120 Å². The molecule has 0 aliphatic carbocycles. The van der Waals surface area contributed by atoms with Gasteiger partial charge in [0.25, 0.3) is 0 Å². The number of hydrogen-bond donors (Lipinski definition) is 0. The van der Waals surface area contributed by atoms with Crippen LogP contribution in [0.4, 0.5) is 0 Å². The second-order valence-corrected chi connectivity index (χ2v) is 19.7. The molecule has 0 unspecified atom stereocenters. The lowest BCUT2D eigenvalue weighted by atomic mass is 10.4. The first-order chi connectivity index (χ1) is 9.44. The van der Waals surface area contributed by atoms with Crippen LogP contribution in [0.15, 0.2) is 30.3 Å². The van der Waals surface area contributed by atoms with Crippen LogP contribution in [0.3, 0.4) is 0 Å². The Bertz CT molecular complexity index is 364. The molecular weight excluding hydrogens is 284 g/mol. The Kier molecular flexibility index (Phi) is 8.19. The summed E-state index contributed by atoms with van der Waals surface area (Å²) >= 11 is 0. The van der Waals surface area contributed by atoms with E-state index >= 15 is 0 Å². The summed E-state index contributed by atoms with van der Waals surface area (Å²) in [6, 6.07) is 10.8. The van der Waals surface area contributed by atoms with Crippen molar-refractivity contribution >= 4 is 21.3 Å². The molecule has 0 aliphatic heterocycles. The molecule has 0 saturated carbocycles. The van der Waals surface area contributed by atoms with Crippen LogP contribution in [-0.4, -0.2) is 16.1 Å². The molecule has 0 bridgehead atoms. The van der Waals surface area contributed by atoms with E-state index in [9.17, 15) is 0 Å². The van der Waals surface area contributed by atoms with Gasteiger partial charge in [-0.05, 0) is 0 Å². The maximum absolute atomic E-state index is 2.55. The van der Waals surface area contributed by atoms with E-state index in [1.807, 2.05) is 0 Å². The highest BCUT2D eigenvalue weighted by molar-refractivity contribution is 6.88. The largest absolute Gasteiger partial charge is 0.0775 e. The smallest absolute Gasteiger partial charge is 0.0686 e. The molecule has 0 aliphatic rings. The normalized spacial score (nSPS) is 12.6. The molecule has 0 radical (unpaired) electrons. The van der Waals surface area contributed by atoms with Crippen LogP contribution in [0.2, 0.25) is 42.8 Å². The van der Waals surface area contributed by atoms with Crippen LogP contribution in [0.25, 0.3) is 0 Å². The summed E-state index contributed by atoms with van der Waals surface area (Å²) in [4.78, 5) is 0. The minimum atomic E-state index is -1.03. The van der Waals surface area contributed by atoms with Crippen molar-refractivity contribution in [1.29, 1.82) is 0 Å². The van der Waals surface area contributed by atoms with Gasteiger partial charge in [-0.15, -0.1) is 0 Å². The van der Waals surface area contributed by atoms with E-state index in [4.69, 9.17) is 0 Å². The van der Waals surface area contributed by atoms with E-state index in [0.29, 0.717) is 0 Å². The van der Waals surface area contributed by atoms with Gasteiger partial charge in [-0.25, -0.2) is 0 Å². The van der Waals surface area contributed by atoms with Crippen molar-refractivity contribution in [1.82, 2.24) is 0 Å². The Labute approximate surface area is 136 Å². The van der Waals surface area contributed by atoms with Crippen LogP contribution < -0.4 is 5.19 Å². The van der Waals surface area contributed by atoms with Gasteiger partial charge >= 0.3 is 0 Å². The molecular formula is C19H38Si2. The van der Waals surface area contributed by atoms with Gasteiger partial charge in [-0.3, -0.25) is 0 Å². The van der Waals surface area contributed by atoms with Crippen molar-refractivity contribution in [2.24, 2.45) is 0 Å². The molecule has 0 spiro atoms. The number of rotatable bonds is 4. The molecule has 21 heavy (non-hydrogen) atoms. The Hall–Kier alpha value is -0.346. The second kappa shape index (κ2) is 8.33. The molecule has 0 aromatic heterocycles. The van der Waals surface area contributed by atoms with Crippen molar-refractivity contribution in [2.45, 2.75) is 84.4 Å². The summed E-state index contributed by atoms with van der Waals surface area (Å²) in [7, 11) is -2.01. The fourth-order valence-corrected chi connectivity index (χ4v) is 8.13. The van der Waals surface area contributed by atoms with Crippen LogP contribution in [0, 0.1) is 0 Å². The first-order valence-corrected chi connectivity index (χ1v) is 14.7. The third kappa shape index (κ3) is 6.11. The van der Waals surface area contributed by atoms with Crippen molar-refractivity contribution in [3.8, 4) is 0 Å². The maximum atomic E-state index is 2.55. The third-order valence-corrected chi connectivity index (χ3v) is 14.9. The summed E-state index contributed by atoms with van der Waals surface area (Å²) in [5, 5.41) is 1.54. The van der Waals surface area contributed by atoms with Crippen LogP contribution in [0.5, 0.6) is 0 Å². The highest BCUT2D eigenvalue weighted by Crippen LogP contribution is 2.40. The Morgan fingerprint density at radius 2 is 0.952 bits per heavy atom. The summed E-state index contributed by atoms with van der Waals surface area (Å²) in [5.74, 6) is 0. The van der Waals surface area contributed by atoms with Gasteiger partial charge in [0, 0.05) is 0 Å². The lowest BCUT2D eigenvalue weighted by Gasteiger charge is -2.39. The third-order valence-electron chi connectivity index (χ3n) is 5.37. The quantitative estimate of drug-likeness (QED) is 0.553. The Morgan fingerprint density at radius 1 is 0.619 bits per heavy atom. The molecule has 1 aromatic carbocycles. The van der Waals surface area contributed by atoms with Gasteiger partial charge in [0.05, 0.1) is 16.1 Å². The lowest BCUT2D eigenvalue weighted by Crippen LogP contribution is -2.40. The summed E-state index contributed by atoms with van der Waals surface area (Å²) in [6.45, 7) is 24.0. The zero-order valence-corrected chi connectivity index (χ0v) is 18.1. The van der Waals surface area contributed by atoms with E-state index in [2.05, 4.69) is 98.1 Å². The molecule has 0 heterocycles. The van der Waals surface area contributed by atoms with E-state index in [0.717, 1.165) is 16.6 Å². The number of benzene rings is 1. The zero-order valence-electron chi connectivity index (χ0n) is 16.1. The summed E-state index contributed by atoms with van der Waals surface area (Å²) in [6.07, 6.45) is 0. The molecule has 1 aromatic rings. The van der Waals surface area contributed by atoms with E-state index in [-0.39, 0.29) is 0 Å². The average Bonchev–Trinajstić information content (AvgIpc) is 2.37. The molecule has 0 saturated heterocycles. The topological polar surface area (TPSA) is 0 Å². The number of hydrogen-bond acceptors (Lipinski definition) is 0. The van der Waals surface area contributed by atoms with Gasteiger partial charge in [0.1, 0.15) is 0 Å². The Balaban J connectivity index is 0.000000382. The Morgan fingerprint density at radius 3 is 1.10 bits per heavy atom. The van der Waals surface area contributed by atoms with Gasteiger partial charge < -0.3 is 0 Å². The highest BCUT2D eigenvalue weighted by Gasteiger charge is 2.37. The molecule has 122 valence electrons. The van der Waals surface area contributed by atoms with Crippen LogP contribution >= 0.6 is 0 Å². The first kappa shape index (κ1) is 20.7. The van der Waals surface area contributed by atoms with Gasteiger partial charge in [0.15, 0.2) is 0 Å². The molecule has 2 heteroatoms. The van der Waals surface area contributed by atoms with Crippen molar-refractivity contribution in [2.75, 3.05) is 0 Å². The molecule has 0 N–H and O–H groups in total. The molecule has 0 amide bonds. The fourth-order valence-electron chi connectivity index (χ4n) is 2.94. The average molecular weight is 323 g/mol. The highest BCUT2D eigenvalue weighted by atomic mass is 28.3. The van der Waals surface area contributed by atoms with Gasteiger partial charge in [-0.2, -0.15) is 0 Å². The molecule has 1 rings (SSSR count). The standard InChI is InChI=1S/C10H24Si.C9H14Si/c1-8(2)11(7,9(3)4)10(5)6;1-10(2,3)9-7-5-4-6-8-9/h8-10H,1-7H3;4-8H,1-3H3. The summed E-state index contributed by atoms with van der Waals surface area (Å²) < 4.78 is 0. The SMILES string of the molecule is CC(C)[Si](C)(C(C)C)C(C)C.C[Si](C)(C)c1ccccc1. The van der Waals surface area contributed by atoms with Crippen LogP contribution in [0.1, 0.15) is 41.5 Å².